The van der Waals surface area contributed by atoms with Crippen LogP contribution in [0.25, 0.3) is 0 Å². The van der Waals surface area contributed by atoms with Gasteiger partial charge in [-0.2, -0.15) is 0 Å². The van der Waals surface area contributed by atoms with E-state index in [1.165, 1.54) is 25.3 Å². The molecule has 1 N–H and O–H groups in total. The molecule has 3 rings (SSSR count). The molecule has 7 nitrogen and oxygen atoms in total. The molecular formula is C20H30N4O3. The van der Waals surface area contributed by atoms with Gasteiger partial charge in [0.15, 0.2) is 0 Å². The normalized spacial score (nSPS) is 19.1. The molecule has 148 valence electrons. The first-order valence-electron chi connectivity index (χ1n) is 10.1. The van der Waals surface area contributed by atoms with E-state index in [2.05, 4.69) is 17.1 Å². The molecule has 1 unspecified atom stereocenters. The molecule has 2 aliphatic heterocycles. The number of carbonyl (C=O) groups excluding carboxylic acids is 1. The van der Waals surface area contributed by atoms with Crippen molar-refractivity contribution in [3.8, 4) is 0 Å². The second-order valence-electron chi connectivity index (χ2n) is 7.83. The van der Waals surface area contributed by atoms with Gasteiger partial charge in [-0.1, -0.05) is 13.3 Å². The minimum atomic E-state index is -0.386. The largest absolute Gasteiger partial charge is 0.366 e. The molecule has 1 amide bonds. The zero-order valence-electron chi connectivity index (χ0n) is 16.2. The highest BCUT2D eigenvalue weighted by atomic mass is 16.6. The number of rotatable bonds is 7. The minimum absolute atomic E-state index is 0.0194. The fourth-order valence-corrected chi connectivity index (χ4v) is 4.05. The average molecular weight is 374 g/mol. The fraction of sp³-hybridized carbons (Fsp3) is 0.650. The summed E-state index contributed by atoms with van der Waals surface area (Å²) >= 11 is 0. The Bertz CT molecular complexity index is 667. The lowest BCUT2D eigenvalue weighted by Crippen LogP contribution is -2.38. The van der Waals surface area contributed by atoms with Crippen LogP contribution in [0.15, 0.2) is 18.2 Å². The summed E-state index contributed by atoms with van der Waals surface area (Å²) in [5.74, 6) is 0.113. The Hall–Kier alpha value is -2.15. The van der Waals surface area contributed by atoms with Crippen molar-refractivity contribution in [1.29, 1.82) is 0 Å². The van der Waals surface area contributed by atoms with E-state index in [0.29, 0.717) is 23.7 Å². The average Bonchev–Trinajstić information content (AvgIpc) is 3.21. The van der Waals surface area contributed by atoms with Crippen molar-refractivity contribution in [3.63, 3.8) is 0 Å². The van der Waals surface area contributed by atoms with E-state index in [4.69, 9.17) is 0 Å². The maximum Gasteiger partial charge on any atom is 0.293 e. The zero-order valence-corrected chi connectivity index (χ0v) is 16.2. The number of benzene rings is 1. The third kappa shape index (κ3) is 5.19. The Kier molecular flexibility index (Phi) is 6.66. The van der Waals surface area contributed by atoms with Gasteiger partial charge < -0.3 is 15.1 Å². The van der Waals surface area contributed by atoms with Crippen molar-refractivity contribution in [3.05, 3.63) is 33.9 Å². The summed E-state index contributed by atoms with van der Waals surface area (Å²) in [4.78, 5) is 28.1. The third-order valence-corrected chi connectivity index (χ3v) is 5.51. The van der Waals surface area contributed by atoms with Gasteiger partial charge in [-0.05, 0) is 56.8 Å². The van der Waals surface area contributed by atoms with E-state index in [9.17, 15) is 14.9 Å². The van der Waals surface area contributed by atoms with Crippen molar-refractivity contribution in [1.82, 2.24) is 10.2 Å². The molecule has 2 saturated heterocycles. The number of piperidine rings is 1. The summed E-state index contributed by atoms with van der Waals surface area (Å²) in [6.45, 7) is 7.64. The molecule has 0 radical (unpaired) electrons. The van der Waals surface area contributed by atoms with Crippen LogP contribution >= 0.6 is 0 Å². The Morgan fingerprint density at radius 2 is 1.81 bits per heavy atom. The SMILES string of the molecule is CC(CNC(=O)c1ccc(N2CCCC2)c([N+](=O)[O-])c1)CN1CCCCC1. The smallest absolute Gasteiger partial charge is 0.293 e. The summed E-state index contributed by atoms with van der Waals surface area (Å²) in [5.41, 5.74) is 0.994. The Morgan fingerprint density at radius 3 is 2.48 bits per heavy atom. The monoisotopic (exact) mass is 374 g/mol. The number of nitrogens with zero attached hydrogens (tertiary/aromatic N) is 3. The van der Waals surface area contributed by atoms with Crippen molar-refractivity contribution in [2.45, 2.75) is 39.0 Å². The third-order valence-electron chi connectivity index (χ3n) is 5.51. The molecule has 0 aromatic heterocycles. The summed E-state index contributed by atoms with van der Waals surface area (Å²) in [5, 5.41) is 14.4. The Balaban J connectivity index is 1.58. The molecule has 2 aliphatic rings. The van der Waals surface area contributed by atoms with Crippen LogP contribution in [0.2, 0.25) is 0 Å². The van der Waals surface area contributed by atoms with Gasteiger partial charge in [-0.15, -0.1) is 0 Å². The van der Waals surface area contributed by atoms with Crippen LogP contribution in [0.3, 0.4) is 0 Å². The highest BCUT2D eigenvalue weighted by Crippen LogP contribution is 2.31. The lowest BCUT2D eigenvalue weighted by atomic mass is 10.1. The second kappa shape index (κ2) is 9.17. The maximum absolute atomic E-state index is 12.5. The number of nitrogens with one attached hydrogen (secondary N) is 1. The van der Waals surface area contributed by atoms with Crippen LogP contribution in [0, 0.1) is 16.0 Å². The van der Waals surface area contributed by atoms with E-state index >= 15 is 0 Å². The molecule has 2 fully saturated rings. The topological polar surface area (TPSA) is 78.7 Å². The summed E-state index contributed by atoms with van der Waals surface area (Å²) in [6.07, 6.45) is 5.93. The highest BCUT2D eigenvalue weighted by Gasteiger charge is 2.24. The van der Waals surface area contributed by atoms with Gasteiger partial charge in [0.05, 0.1) is 4.92 Å². The first kappa shape index (κ1) is 19.6. The van der Waals surface area contributed by atoms with Crippen LogP contribution < -0.4 is 10.2 Å². The molecule has 1 atom stereocenters. The number of nitro groups is 1. The number of carbonyl (C=O) groups is 1. The number of anilines is 1. The van der Waals surface area contributed by atoms with Gasteiger partial charge in [-0.3, -0.25) is 14.9 Å². The van der Waals surface area contributed by atoms with Gasteiger partial charge in [-0.25, -0.2) is 0 Å². The predicted molar refractivity (Wildman–Crippen MR) is 106 cm³/mol. The number of likely N-dealkylation sites (tertiary alicyclic amines) is 1. The molecule has 27 heavy (non-hydrogen) atoms. The van der Waals surface area contributed by atoms with Gasteiger partial charge >= 0.3 is 0 Å². The summed E-state index contributed by atoms with van der Waals surface area (Å²) in [7, 11) is 0. The summed E-state index contributed by atoms with van der Waals surface area (Å²) < 4.78 is 0. The Labute approximate surface area is 160 Å². The first-order valence-corrected chi connectivity index (χ1v) is 10.1. The van der Waals surface area contributed by atoms with Gasteiger partial charge in [0.1, 0.15) is 5.69 Å². The highest BCUT2D eigenvalue weighted by molar-refractivity contribution is 5.95. The van der Waals surface area contributed by atoms with Crippen LogP contribution in [-0.4, -0.2) is 55.0 Å². The van der Waals surface area contributed by atoms with Gasteiger partial charge in [0, 0.05) is 37.8 Å². The van der Waals surface area contributed by atoms with E-state index in [1.807, 2.05) is 4.90 Å². The summed E-state index contributed by atoms with van der Waals surface area (Å²) in [6, 6.07) is 4.83. The number of nitro benzene ring substituents is 1. The van der Waals surface area contributed by atoms with Crippen molar-refractivity contribution in [2.75, 3.05) is 44.2 Å². The number of hydrogen-bond donors (Lipinski definition) is 1. The van der Waals surface area contributed by atoms with E-state index in [0.717, 1.165) is 45.6 Å². The quantitative estimate of drug-likeness (QED) is 0.586. The zero-order chi connectivity index (χ0) is 19.2. The molecule has 0 bridgehead atoms. The van der Waals surface area contributed by atoms with Gasteiger partial charge in [0.2, 0.25) is 0 Å². The molecule has 0 aliphatic carbocycles. The lowest BCUT2D eigenvalue weighted by molar-refractivity contribution is -0.384. The van der Waals surface area contributed by atoms with E-state index in [1.54, 1.807) is 12.1 Å². The van der Waals surface area contributed by atoms with Crippen LogP contribution in [0.1, 0.15) is 49.4 Å². The first-order chi connectivity index (χ1) is 13.0. The maximum atomic E-state index is 12.5. The van der Waals surface area contributed by atoms with Crippen molar-refractivity contribution < 1.29 is 9.72 Å². The number of amides is 1. The fourth-order valence-electron chi connectivity index (χ4n) is 4.05. The molecule has 2 heterocycles. The minimum Gasteiger partial charge on any atom is -0.366 e. The molecule has 0 saturated carbocycles. The number of hydrogen-bond acceptors (Lipinski definition) is 5. The molecule has 0 spiro atoms. The lowest BCUT2D eigenvalue weighted by Gasteiger charge is -2.29. The van der Waals surface area contributed by atoms with E-state index in [-0.39, 0.29) is 16.5 Å². The molecule has 1 aromatic rings. The van der Waals surface area contributed by atoms with Crippen LogP contribution in [-0.2, 0) is 0 Å². The Morgan fingerprint density at radius 1 is 1.15 bits per heavy atom. The van der Waals surface area contributed by atoms with Crippen molar-refractivity contribution >= 4 is 17.3 Å². The van der Waals surface area contributed by atoms with Crippen LogP contribution in [0.5, 0.6) is 0 Å². The van der Waals surface area contributed by atoms with Crippen molar-refractivity contribution in [2.24, 2.45) is 5.92 Å². The van der Waals surface area contributed by atoms with E-state index < -0.39 is 0 Å². The molecular weight excluding hydrogens is 344 g/mol. The standard InChI is InChI=1S/C20H30N4O3/c1-16(15-22-9-3-2-4-10-22)14-21-20(25)17-7-8-18(19(13-17)24(26)27)23-11-5-6-12-23/h7-8,13,16H,2-6,9-12,14-15H2,1H3,(H,21,25). The van der Waals surface area contributed by atoms with Gasteiger partial charge in [0.25, 0.3) is 11.6 Å². The molecule has 1 aromatic carbocycles. The predicted octanol–water partition coefficient (Wildman–Crippen LogP) is 3.05. The van der Waals surface area contributed by atoms with Crippen LogP contribution in [0.4, 0.5) is 11.4 Å². The molecule has 7 heteroatoms. The second-order valence-corrected chi connectivity index (χ2v) is 7.83.